The fourth-order valence-corrected chi connectivity index (χ4v) is 1.17. The average molecular weight is 262 g/mol. The third-order valence-corrected chi connectivity index (χ3v) is 1.66. The molecule has 0 unspecified atom stereocenters. The van der Waals surface area contributed by atoms with Crippen molar-refractivity contribution in [3.8, 4) is 0 Å². The largest absolute Gasteiger partial charge is 0.394 e. The van der Waals surface area contributed by atoms with E-state index in [1.54, 1.807) is 0 Å². The normalized spacial score (nSPS) is 10.1. The van der Waals surface area contributed by atoms with Gasteiger partial charge in [0.2, 0.25) is 0 Å². The van der Waals surface area contributed by atoms with E-state index in [1.165, 1.54) is 11.4 Å². The molecule has 0 aliphatic heterocycles. The second-order valence-electron chi connectivity index (χ2n) is 3.05. The minimum absolute atomic E-state index is 0.961. The molecule has 0 aliphatic rings. The van der Waals surface area contributed by atoms with Gasteiger partial charge in [-0.1, -0.05) is 12.1 Å². The molecule has 1 rings (SSSR count). The van der Waals surface area contributed by atoms with Crippen LogP contribution < -0.4 is 10.6 Å². The smallest absolute Gasteiger partial charge is 0.384 e. The van der Waals surface area contributed by atoms with Gasteiger partial charge in [-0.2, -0.15) is 8.42 Å². The predicted molar refractivity (Wildman–Crippen MR) is 68.9 cm³/mol. The summed E-state index contributed by atoms with van der Waals surface area (Å²) in [6.45, 7) is 6.12. The molecule has 0 atom stereocenters. The van der Waals surface area contributed by atoms with E-state index in [2.05, 4.69) is 36.6 Å². The minimum Gasteiger partial charge on any atom is -0.384 e. The summed E-state index contributed by atoms with van der Waals surface area (Å²) >= 11 is 0. The van der Waals surface area contributed by atoms with Crippen LogP contribution >= 0.6 is 0 Å². The molecule has 1 aromatic rings. The highest BCUT2D eigenvalue weighted by Crippen LogP contribution is 2.19. The van der Waals surface area contributed by atoms with Crippen molar-refractivity contribution in [3.05, 3.63) is 24.3 Å². The topological polar surface area (TPSA) is 98.7 Å². The molecular formula is C10H18N2O4S. The van der Waals surface area contributed by atoms with Crippen molar-refractivity contribution in [2.24, 2.45) is 0 Å². The Hall–Kier alpha value is -1.31. The Morgan fingerprint density at radius 3 is 1.53 bits per heavy atom. The fraction of sp³-hybridized carbons (Fsp3) is 0.400. The van der Waals surface area contributed by atoms with Crippen molar-refractivity contribution < 1.29 is 17.5 Å². The first kappa shape index (κ1) is 15.7. The second-order valence-corrected chi connectivity index (χ2v) is 3.95. The van der Waals surface area contributed by atoms with Gasteiger partial charge in [-0.05, 0) is 26.0 Å². The van der Waals surface area contributed by atoms with Gasteiger partial charge in [0, 0.05) is 13.1 Å². The zero-order valence-corrected chi connectivity index (χ0v) is 10.7. The van der Waals surface area contributed by atoms with Crippen LogP contribution in [-0.2, 0) is 10.4 Å². The molecule has 0 aliphatic carbocycles. The fourth-order valence-electron chi connectivity index (χ4n) is 1.17. The van der Waals surface area contributed by atoms with Crippen LogP contribution in [0, 0.1) is 0 Å². The number of benzene rings is 1. The van der Waals surface area contributed by atoms with Crippen LogP contribution in [0.5, 0.6) is 0 Å². The lowest BCUT2D eigenvalue weighted by Gasteiger charge is -2.10. The molecule has 0 saturated carbocycles. The summed E-state index contributed by atoms with van der Waals surface area (Å²) in [6, 6.07) is 8.25. The highest BCUT2D eigenvalue weighted by molar-refractivity contribution is 7.79. The summed E-state index contributed by atoms with van der Waals surface area (Å²) in [4.78, 5) is 0. The minimum atomic E-state index is -4.67. The third kappa shape index (κ3) is 9.61. The van der Waals surface area contributed by atoms with Crippen molar-refractivity contribution in [3.63, 3.8) is 0 Å². The molecule has 0 heterocycles. The second kappa shape index (κ2) is 7.88. The zero-order chi connectivity index (χ0) is 13.3. The number of nitrogens with one attached hydrogen (secondary N) is 2. The van der Waals surface area contributed by atoms with Gasteiger partial charge in [0.25, 0.3) is 0 Å². The van der Waals surface area contributed by atoms with E-state index in [0.717, 1.165) is 13.1 Å². The van der Waals surface area contributed by atoms with Gasteiger partial charge < -0.3 is 10.6 Å². The van der Waals surface area contributed by atoms with Crippen molar-refractivity contribution >= 4 is 21.8 Å². The SMILES string of the molecule is CCNc1ccccc1NCC.O=S(=O)(O)O. The van der Waals surface area contributed by atoms with E-state index in [9.17, 15) is 0 Å². The molecular weight excluding hydrogens is 244 g/mol. The molecule has 98 valence electrons. The third-order valence-electron chi connectivity index (χ3n) is 1.66. The maximum Gasteiger partial charge on any atom is 0.394 e. The molecule has 7 heteroatoms. The Labute approximate surface area is 102 Å². The Bertz CT molecular complexity index is 387. The summed E-state index contributed by atoms with van der Waals surface area (Å²) in [7, 11) is -4.67. The summed E-state index contributed by atoms with van der Waals surface area (Å²) in [6.07, 6.45) is 0. The van der Waals surface area contributed by atoms with Crippen LogP contribution in [0.3, 0.4) is 0 Å². The van der Waals surface area contributed by atoms with Crippen LogP contribution in [0.2, 0.25) is 0 Å². The quantitative estimate of drug-likeness (QED) is 0.619. The summed E-state index contributed by atoms with van der Waals surface area (Å²) in [5.41, 5.74) is 2.36. The number of para-hydroxylation sites is 2. The average Bonchev–Trinajstić information content (AvgIpc) is 2.19. The molecule has 0 saturated heterocycles. The number of hydrogen-bond acceptors (Lipinski definition) is 4. The first-order chi connectivity index (χ1) is 7.88. The van der Waals surface area contributed by atoms with Gasteiger partial charge in [-0.25, -0.2) is 0 Å². The van der Waals surface area contributed by atoms with Gasteiger partial charge in [-0.3, -0.25) is 9.11 Å². The summed E-state index contributed by atoms with van der Waals surface area (Å²) < 4.78 is 31.6. The van der Waals surface area contributed by atoms with E-state index >= 15 is 0 Å². The molecule has 0 spiro atoms. The predicted octanol–water partition coefficient (Wildman–Crippen LogP) is 1.90. The highest BCUT2D eigenvalue weighted by atomic mass is 32.3. The van der Waals surface area contributed by atoms with Gasteiger partial charge in [0.15, 0.2) is 0 Å². The van der Waals surface area contributed by atoms with Gasteiger partial charge >= 0.3 is 10.4 Å². The lowest BCUT2D eigenvalue weighted by molar-refractivity contribution is 0.381. The van der Waals surface area contributed by atoms with Crippen LogP contribution in [0.15, 0.2) is 24.3 Å². The first-order valence-corrected chi connectivity index (χ1v) is 6.54. The monoisotopic (exact) mass is 262 g/mol. The van der Waals surface area contributed by atoms with Crippen molar-refractivity contribution in [2.75, 3.05) is 23.7 Å². The maximum atomic E-state index is 8.74. The maximum absolute atomic E-state index is 8.74. The molecule has 0 aromatic heterocycles. The van der Waals surface area contributed by atoms with Crippen LogP contribution in [0.25, 0.3) is 0 Å². The van der Waals surface area contributed by atoms with Crippen LogP contribution in [0.1, 0.15) is 13.8 Å². The van der Waals surface area contributed by atoms with Crippen molar-refractivity contribution in [1.29, 1.82) is 0 Å². The van der Waals surface area contributed by atoms with Gasteiger partial charge in [0.1, 0.15) is 0 Å². The number of rotatable bonds is 4. The Kier molecular flexibility index (Phi) is 7.27. The molecule has 0 fully saturated rings. The van der Waals surface area contributed by atoms with Crippen LogP contribution in [0.4, 0.5) is 11.4 Å². The Morgan fingerprint density at radius 1 is 1.00 bits per heavy atom. The molecule has 1 aromatic carbocycles. The summed E-state index contributed by atoms with van der Waals surface area (Å²) in [5, 5.41) is 6.60. The zero-order valence-electron chi connectivity index (χ0n) is 9.84. The van der Waals surface area contributed by atoms with Gasteiger partial charge in [0.05, 0.1) is 11.4 Å². The highest BCUT2D eigenvalue weighted by Gasteiger charge is 1.96. The lowest BCUT2D eigenvalue weighted by atomic mass is 10.2. The van der Waals surface area contributed by atoms with E-state index < -0.39 is 10.4 Å². The van der Waals surface area contributed by atoms with Crippen LogP contribution in [-0.4, -0.2) is 30.6 Å². The van der Waals surface area contributed by atoms with Gasteiger partial charge in [-0.15, -0.1) is 0 Å². The molecule has 0 amide bonds. The van der Waals surface area contributed by atoms with E-state index in [1.807, 2.05) is 12.1 Å². The standard InChI is InChI=1S/C10H16N2.H2O4S/c1-3-11-9-7-5-6-8-10(9)12-4-2;1-5(2,3)4/h5-8,11-12H,3-4H2,1-2H3;(H2,1,2,3,4). The molecule has 0 bridgehead atoms. The van der Waals surface area contributed by atoms with Crippen molar-refractivity contribution in [1.82, 2.24) is 0 Å². The Morgan fingerprint density at radius 2 is 1.29 bits per heavy atom. The Balaban J connectivity index is 0.000000437. The molecule has 17 heavy (non-hydrogen) atoms. The lowest BCUT2D eigenvalue weighted by Crippen LogP contribution is -2.03. The van der Waals surface area contributed by atoms with E-state index in [-0.39, 0.29) is 0 Å². The van der Waals surface area contributed by atoms with E-state index in [4.69, 9.17) is 17.5 Å². The van der Waals surface area contributed by atoms with Crippen molar-refractivity contribution in [2.45, 2.75) is 13.8 Å². The molecule has 0 radical (unpaired) electrons. The molecule has 4 N–H and O–H groups in total. The summed E-state index contributed by atoms with van der Waals surface area (Å²) in [5.74, 6) is 0. The first-order valence-electron chi connectivity index (χ1n) is 5.15. The van der Waals surface area contributed by atoms with E-state index in [0.29, 0.717) is 0 Å². The molecule has 6 nitrogen and oxygen atoms in total. The number of anilines is 2. The number of hydrogen-bond donors (Lipinski definition) is 4.